The zero-order chi connectivity index (χ0) is 33.8. The molecule has 0 unspecified atom stereocenters. The lowest BCUT2D eigenvalue weighted by Gasteiger charge is -2.31. The molecule has 1 saturated heterocycles. The quantitative estimate of drug-likeness (QED) is 0.130. The van der Waals surface area contributed by atoms with Gasteiger partial charge in [0.25, 0.3) is 0 Å². The predicted octanol–water partition coefficient (Wildman–Crippen LogP) is 8.76. The summed E-state index contributed by atoms with van der Waals surface area (Å²) in [4.78, 5) is 2.71. The number of piperidine rings is 1. The van der Waals surface area contributed by atoms with E-state index in [0.29, 0.717) is 29.5 Å². The van der Waals surface area contributed by atoms with Crippen LogP contribution in [0.2, 0.25) is 0 Å². The summed E-state index contributed by atoms with van der Waals surface area (Å²) in [6.07, 6.45) is 6.11. The minimum absolute atomic E-state index is 0.359. The first-order chi connectivity index (χ1) is 24.5. The van der Waals surface area contributed by atoms with Crippen molar-refractivity contribution in [2.75, 3.05) is 31.1 Å². The van der Waals surface area contributed by atoms with E-state index in [2.05, 4.69) is 101 Å². The smallest absolute Gasteiger partial charge is 0.243 e. The molecule has 4 heterocycles. The van der Waals surface area contributed by atoms with Gasteiger partial charge < -0.3 is 9.32 Å². The van der Waals surface area contributed by atoms with Gasteiger partial charge >= 0.3 is 0 Å². The van der Waals surface area contributed by atoms with Crippen LogP contribution in [0.3, 0.4) is 0 Å². The minimum Gasteiger partial charge on any atom is -0.456 e. The van der Waals surface area contributed by atoms with E-state index >= 15 is 0 Å². The number of fused-ring (bicyclic) bond motifs is 4. The van der Waals surface area contributed by atoms with Crippen LogP contribution < -0.4 is 14.8 Å². The molecule has 6 nitrogen and oxygen atoms in total. The summed E-state index contributed by atoms with van der Waals surface area (Å²) in [7, 11) is -3.74. The molecule has 4 aromatic rings. The number of para-hydroxylation sites is 2. The Morgan fingerprint density at radius 1 is 0.780 bits per heavy atom. The Bertz CT molecular complexity index is 2410. The second-order valence-electron chi connectivity index (χ2n) is 14.0. The van der Waals surface area contributed by atoms with Crippen LogP contribution in [0, 0.1) is 5.92 Å². The van der Waals surface area contributed by atoms with Gasteiger partial charge in [0.15, 0.2) is 6.54 Å². The number of nitrogens with zero attached hydrogens (tertiary/aromatic N) is 3. The molecule has 50 heavy (non-hydrogen) atoms. The molecule has 0 saturated carbocycles. The lowest BCUT2D eigenvalue weighted by atomic mass is 9.93. The molecule has 0 atom stereocenters. The summed E-state index contributed by atoms with van der Waals surface area (Å²) >= 11 is 0. The average Bonchev–Trinajstić information content (AvgIpc) is 3.79. The van der Waals surface area contributed by atoms with Crippen LogP contribution in [0.1, 0.15) is 43.7 Å². The SMILES string of the molecule is CCCC1CCN(S(=O)(=O)c2ccccc2-c2c3ccc(=[N+]4CCc5ccccc54)cc-3oc3cc(N4CCc5ccccc54)ccc23)CC1. The van der Waals surface area contributed by atoms with Crippen LogP contribution in [-0.2, 0) is 22.9 Å². The van der Waals surface area contributed by atoms with Crippen LogP contribution in [-0.4, -0.2) is 38.9 Å². The first kappa shape index (κ1) is 31.3. The molecule has 0 N–H and O–H groups in total. The Morgan fingerprint density at radius 2 is 1.56 bits per heavy atom. The highest BCUT2D eigenvalue weighted by atomic mass is 32.2. The topological polar surface area (TPSA) is 56.8 Å². The van der Waals surface area contributed by atoms with Crippen molar-refractivity contribution in [3.8, 4) is 22.5 Å². The molecule has 0 radical (unpaired) electrons. The van der Waals surface area contributed by atoms with Crippen molar-refractivity contribution in [1.29, 1.82) is 0 Å². The van der Waals surface area contributed by atoms with E-state index in [4.69, 9.17) is 4.42 Å². The van der Waals surface area contributed by atoms with Crippen molar-refractivity contribution in [1.82, 2.24) is 8.88 Å². The monoisotopic (exact) mass is 680 g/mol. The first-order valence-corrected chi connectivity index (χ1v) is 19.6. The lowest BCUT2D eigenvalue weighted by molar-refractivity contribution is 0.262. The molecular weight excluding hydrogens is 639 g/mol. The van der Waals surface area contributed by atoms with Gasteiger partial charge in [0.1, 0.15) is 11.3 Å². The third-order valence-electron chi connectivity index (χ3n) is 11.1. The van der Waals surface area contributed by atoms with E-state index < -0.39 is 10.0 Å². The normalized spacial score (nSPS) is 17.8. The van der Waals surface area contributed by atoms with Crippen molar-refractivity contribution in [2.45, 2.75) is 50.3 Å². The Balaban J connectivity index is 1.24. The molecule has 0 spiro atoms. The largest absolute Gasteiger partial charge is 0.456 e. The van der Waals surface area contributed by atoms with Gasteiger partial charge in [0, 0.05) is 83.3 Å². The third-order valence-corrected chi connectivity index (χ3v) is 13.1. The molecule has 7 heteroatoms. The zero-order valence-electron chi connectivity index (χ0n) is 28.5. The van der Waals surface area contributed by atoms with Crippen LogP contribution in [0.15, 0.2) is 119 Å². The van der Waals surface area contributed by atoms with Gasteiger partial charge in [-0.2, -0.15) is 8.88 Å². The van der Waals surface area contributed by atoms with Gasteiger partial charge in [0.05, 0.1) is 11.0 Å². The van der Waals surface area contributed by atoms with E-state index in [-0.39, 0.29) is 0 Å². The third kappa shape index (κ3) is 5.26. The summed E-state index contributed by atoms with van der Waals surface area (Å²) in [6, 6.07) is 37.5. The van der Waals surface area contributed by atoms with E-state index in [9.17, 15) is 8.42 Å². The Kier molecular flexibility index (Phi) is 7.85. The molecule has 4 aliphatic heterocycles. The maximum absolute atomic E-state index is 14.5. The highest BCUT2D eigenvalue weighted by Gasteiger charge is 2.33. The van der Waals surface area contributed by atoms with Crippen LogP contribution in [0.4, 0.5) is 17.1 Å². The Labute approximate surface area is 294 Å². The van der Waals surface area contributed by atoms with Crippen LogP contribution in [0.5, 0.6) is 0 Å². The molecule has 1 fully saturated rings. The number of benzene rings is 5. The molecular formula is C43H42N3O3S+. The highest BCUT2D eigenvalue weighted by Crippen LogP contribution is 2.45. The maximum atomic E-state index is 14.5. The van der Waals surface area contributed by atoms with Crippen molar-refractivity contribution in [3.05, 3.63) is 126 Å². The van der Waals surface area contributed by atoms with E-state index in [0.717, 1.165) is 90.5 Å². The number of hydrogen-bond acceptors (Lipinski definition) is 4. The first-order valence-electron chi connectivity index (χ1n) is 18.1. The molecule has 0 amide bonds. The number of sulfonamides is 1. The van der Waals surface area contributed by atoms with E-state index in [1.807, 2.05) is 18.2 Å². The van der Waals surface area contributed by atoms with Gasteiger partial charge in [0.2, 0.25) is 21.1 Å². The second kappa shape index (κ2) is 12.6. The molecule has 4 aromatic carbocycles. The van der Waals surface area contributed by atoms with Crippen LogP contribution in [0.25, 0.3) is 33.4 Å². The van der Waals surface area contributed by atoms with Crippen molar-refractivity contribution >= 4 is 38.1 Å². The molecule has 9 rings (SSSR count). The number of hydrogen-bond donors (Lipinski definition) is 0. The maximum Gasteiger partial charge on any atom is 0.243 e. The fraction of sp³-hybridized carbons (Fsp3) is 0.279. The van der Waals surface area contributed by atoms with E-state index in [1.165, 1.54) is 22.5 Å². The van der Waals surface area contributed by atoms with E-state index in [1.54, 1.807) is 10.4 Å². The summed E-state index contributed by atoms with van der Waals surface area (Å²) in [5.41, 5.74) is 9.45. The van der Waals surface area contributed by atoms with Crippen molar-refractivity contribution in [3.63, 3.8) is 0 Å². The average molecular weight is 681 g/mol. The van der Waals surface area contributed by atoms with Crippen LogP contribution >= 0.6 is 0 Å². The van der Waals surface area contributed by atoms with Gasteiger partial charge in [-0.25, -0.2) is 8.42 Å². The fourth-order valence-electron chi connectivity index (χ4n) is 8.59. The molecule has 5 aliphatic rings. The number of anilines is 2. The molecule has 0 bridgehead atoms. The molecule has 0 aromatic heterocycles. The van der Waals surface area contributed by atoms with Gasteiger partial charge in [-0.1, -0.05) is 74.4 Å². The standard InChI is InChI=1S/C43H42N3O3S/c1-2-9-30-20-24-44(25-21-30)50(47,48)42-15-8-5-12-37(42)43-35-18-16-33(45-26-22-31-10-3-6-13-38(31)45)28-40(35)49-41-29-34(17-19-36(41)43)46-27-23-32-11-4-7-14-39(32)46/h3-8,10-19,28-30H,2,9,20-27H2,1H3/q+1. The predicted molar refractivity (Wildman–Crippen MR) is 202 cm³/mol. The summed E-state index contributed by atoms with van der Waals surface area (Å²) in [5.74, 6) is 1.33. The minimum atomic E-state index is -3.74. The van der Waals surface area contributed by atoms with Gasteiger partial charge in [-0.15, -0.1) is 0 Å². The lowest BCUT2D eigenvalue weighted by Crippen LogP contribution is -2.38. The number of rotatable bonds is 6. The van der Waals surface area contributed by atoms with Crippen molar-refractivity contribution < 1.29 is 12.8 Å². The van der Waals surface area contributed by atoms with Gasteiger partial charge in [-0.05, 0) is 61.1 Å². The zero-order valence-corrected chi connectivity index (χ0v) is 29.3. The summed E-state index contributed by atoms with van der Waals surface area (Å²) < 4.78 is 39.9. The highest BCUT2D eigenvalue weighted by molar-refractivity contribution is 7.89. The van der Waals surface area contributed by atoms with Crippen molar-refractivity contribution in [2.24, 2.45) is 5.92 Å². The summed E-state index contributed by atoms with van der Waals surface area (Å²) in [6.45, 7) is 5.14. The fourth-order valence-corrected chi connectivity index (χ4v) is 10.3. The Hall–Kier alpha value is -4.72. The van der Waals surface area contributed by atoms with Gasteiger partial charge in [-0.3, -0.25) is 0 Å². The molecule has 252 valence electrons. The summed E-state index contributed by atoms with van der Waals surface area (Å²) in [5, 5.41) is 1.97. The Morgan fingerprint density at radius 3 is 2.42 bits per heavy atom. The molecule has 1 aliphatic carbocycles. The second-order valence-corrected chi connectivity index (χ2v) is 15.9.